The molecule has 8 heteroatoms. The number of hydrogen-bond donors (Lipinski definition) is 1. The van der Waals surface area contributed by atoms with Gasteiger partial charge >= 0.3 is 0 Å². The first-order valence-electron chi connectivity index (χ1n) is 11.7. The number of nitrogens with zero attached hydrogens (tertiary/aromatic N) is 1. The van der Waals surface area contributed by atoms with Crippen molar-refractivity contribution in [2.45, 2.75) is 71.0 Å². The molecule has 1 fully saturated rings. The highest BCUT2D eigenvalue weighted by Crippen LogP contribution is 2.25. The van der Waals surface area contributed by atoms with Crippen LogP contribution < -0.4 is 10.1 Å². The minimum Gasteiger partial charge on any atom is -0.484 e. The van der Waals surface area contributed by atoms with Crippen molar-refractivity contribution in [3.8, 4) is 5.75 Å². The predicted octanol–water partition coefficient (Wildman–Crippen LogP) is 6.70. The van der Waals surface area contributed by atoms with E-state index >= 15 is 0 Å². The summed E-state index contributed by atoms with van der Waals surface area (Å²) in [7, 11) is 0. The highest BCUT2D eigenvalue weighted by Gasteiger charge is 2.31. The number of halogens is 3. The summed E-state index contributed by atoms with van der Waals surface area (Å²) in [6, 6.07) is 10.2. The number of carbonyl (C=O) groups is 2. The third-order valence-corrected chi connectivity index (χ3v) is 7.66. The predicted molar refractivity (Wildman–Crippen MR) is 140 cm³/mol. The van der Waals surface area contributed by atoms with Gasteiger partial charge in [0.05, 0.1) is 0 Å². The van der Waals surface area contributed by atoms with Crippen LogP contribution in [0.15, 0.2) is 40.9 Å². The van der Waals surface area contributed by atoms with Crippen molar-refractivity contribution >= 4 is 50.9 Å². The molecule has 1 aliphatic carbocycles. The molecule has 0 radical (unpaired) electrons. The number of nitrogens with one attached hydrogen (secondary N) is 1. The van der Waals surface area contributed by atoms with E-state index in [1.165, 1.54) is 6.42 Å². The van der Waals surface area contributed by atoms with E-state index in [2.05, 4.69) is 21.2 Å². The van der Waals surface area contributed by atoms with Crippen molar-refractivity contribution < 1.29 is 14.3 Å². The zero-order valence-electron chi connectivity index (χ0n) is 19.6. The van der Waals surface area contributed by atoms with E-state index < -0.39 is 6.04 Å². The number of aryl methyl sites for hydroxylation is 1. The van der Waals surface area contributed by atoms with Crippen LogP contribution in [0.4, 0.5) is 0 Å². The Hall–Kier alpha value is -1.76. The van der Waals surface area contributed by atoms with Crippen LogP contribution in [0.25, 0.3) is 0 Å². The molecule has 0 aromatic heterocycles. The zero-order valence-corrected chi connectivity index (χ0v) is 22.7. The minimum absolute atomic E-state index is 0.132. The van der Waals surface area contributed by atoms with Crippen molar-refractivity contribution in [2.24, 2.45) is 0 Å². The fourth-order valence-electron chi connectivity index (χ4n) is 4.23. The molecule has 1 saturated carbocycles. The second-order valence-electron chi connectivity index (χ2n) is 8.72. The lowest BCUT2D eigenvalue weighted by Gasteiger charge is -2.33. The molecule has 1 atom stereocenters. The van der Waals surface area contributed by atoms with Gasteiger partial charge in [0, 0.05) is 27.1 Å². The highest BCUT2D eigenvalue weighted by molar-refractivity contribution is 9.10. The molecule has 0 saturated heterocycles. The quantitative estimate of drug-likeness (QED) is 0.365. The molecular weight excluding hydrogens is 539 g/mol. The normalized spacial score (nSPS) is 15.0. The van der Waals surface area contributed by atoms with Gasteiger partial charge < -0.3 is 15.0 Å². The molecule has 34 heavy (non-hydrogen) atoms. The van der Waals surface area contributed by atoms with Gasteiger partial charge in [0.15, 0.2) is 6.61 Å². The van der Waals surface area contributed by atoms with Crippen molar-refractivity contribution in [1.82, 2.24) is 10.2 Å². The lowest BCUT2D eigenvalue weighted by atomic mass is 9.95. The van der Waals surface area contributed by atoms with Crippen LogP contribution in [0.3, 0.4) is 0 Å². The van der Waals surface area contributed by atoms with Gasteiger partial charge in [0.1, 0.15) is 11.8 Å². The number of rotatable bonds is 9. The van der Waals surface area contributed by atoms with E-state index in [1.54, 1.807) is 29.2 Å². The molecule has 2 aromatic carbocycles. The summed E-state index contributed by atoms with van der Waals surface area (Å²) in [6.45, 7) is 3.87. The van der Waals surface area contributed by atoms with Gasteiger partial charge in [-0.25, -0.2) is 0 Å². The summed E-state index contributed by atoms with van der Waals surface area (Å²) >= 11 is 15.9. The van der Waals surface area contributed by atoms with Crippen LogP contribution in [0.2, 0.25) is 10.0 Å². The maximum absolute atomic E-state index is 13.4. The summed E-state index contributed by atoms with van der Waals surface area (Å²) < 4.78 is 6.77. The maximum Gasteiger partial charge on any atom is 0.261 e. The summed E-state index contributed by atoms with van der Waals surface area (Å²) in [5.41, 5.74) is 1.73. The number of amides is 2. The zero-order chi connectivity index (χ0) is 24.7. The smallest absolute Gasteiger partial charge is 0.261 e. The summed E-state index contributed by atoms with van der Waals surface area (Å²) in [4.78, 5) is 28.2. The van der Waals surface area contributed by atoms with Gasteiger partial charge in [-0.1, -0.05) is 71.4 Å². The fraction of sp³-hybridized carbons (Fsp3) is 0.462. The first kappa shape index (κ1) is 26.8. The molecule has 2 amide bonds. The Kier molecular flexibility index (Phi) is 10.1. The Morgan fingerprint density at radius 2 is 1.88 bits per heavy atom. The maximum atomic E-state index is 13.4. The number of ether oxygens (including phenoxy) is 1. The van der Waals surface area contributed by atoms with E-state index in [1.807, 2.05) is 26.0 Å². The van der Waals surface area contributed by atoms with Crippen molar-refractivity contribution in [3.05, 3.63) is 62.0 Å². The molecule has 1 aliphatic rings. The third-order valence-electron chi connectivity index (χ3n) is 6.18. The second kappa shape index (κ2) is 12.8. The van der Waals surface area contributed by atoms with Gasteiger partial charge in [-0.2, -0.15) is 0 Å². The van der Waals surface area contributed by atoms with E-state index in [9.17, 15) is 9.59 Å². The molecular formula is C26H31BrCl2N2O3. The molecule has 3 rings (SSSR count). The first-order valence-corrected chi connectivity index (χ1v) is 13.3. The van der Waals surface area contributed by atoms with Crippen molar-refractivity contribution in [3.63, 3.8) is 0 Å². The van der Waals surface area contributed by atoms with E-state index in [-0.39, 0.29) is 31.0 Å². The van der Waals surface area contributed by atoms with Gasteiger partial charge in [-0.15, -0.1) is 0 Å². The molecule has 2 aromatic rings. The Labute approximate surface area is 220 Å². The molecule has 5 nitrogen and oxygen atoms in total. The standard InChI is InChI=1S/C26H31BrCl2N2O3/c1-3-24(26(33)30-20-7-5-4-6-8-20)31(15-18-9-10-19(28)14-23(18)29)25(32)16-34-21-11-12-22(27)17(2)13-21/h9-14,20,24H,3-8,15-16H2,1-2H3,(H,30,33)/t24-/m0/s1. The number of benzene rings is 2. The summed E-state index contributed by atoms with van der Waals surface area (Å²) in [6.07, 6.45) is 5.87. The van der Waals surface area contributed by atoms with E-state index in [0.717, 1.165) is 41.3 Å². The van der Waals surface area contributed by atoms with E-state index in [0.29, 0.717) is 22.2 Å². The van der Waals surface area contributed by atoms with Gasteiger partial charge in [0.25, 0.3) is 5.91 Å². The van der Waals surface area contributed by atoms with Crippen LogP contribution in [-0.4, -0.2) is 35.4 Å². The molecule has 1 N–H and O–H groups in total. The third kappa shape index (κ3) is 7.37. The van der Waals surface area contributed by atoms with Gasteiger partial charge in [0.2, 0.25) is 5.91 Å². The Bertz CT molecular complexity index is 1010. The lowest BCUT2D eigenvalue weighted by Crippen LogP contribution is -2.52. The highest BCUT2D eigenvalue weighted by atomic mass is 79.9. The molecule has 184 valence electrons. The summed E-state index contributed by atoms with van der Waals surface area (Å²) in [5.74, 6) is 0.183. The van der Waals surface area contributed by atoms with Gasteiger partial charge in [-0.05, 0) is 67.6 Å². The first-order chi connectivity index (χ1) is 16.3. The fourth-order valence-corrected chi connectivity index (χ4v) is 4.95. The van der Waals surface area contributed by atoms with Crippen LogP contribution in [-0.2, 0) is 16.1 Å². The summed E-state index contributed by atoms with van der Waals surface area (Å²) in [5, 5.41) is 4.14. The molecule has 0 aliphatic heterocycles. The molecule has 0 unspecified atom stereocenters. The van der Waals surface area contributed by atoms with Crippen LogP contribution in [0.1, 0.15) is 56.6 Å². The number of carbonyl (C=O) groups excluding carboxylic acids is 2. The molecule has 0 bridgehead atoms. The monoisotopic (exact) mass is 568 g/mol. The number of hydrogen-bond acceptors (Lipinski definition) is 3. The Balaban J connectivity index is 1.79. The minimum atomic E-state index is -0.628. The van der Waals surface area contributed by atoms with Crippen LogP contribution >= 0.6 is 39.1 Å². The van der Waals surface area contributed by atoms with Crippen molar-refractivity contribution in [1.29, 1.82) is 0 Å². The van der Waals surface area contributed by atoms with Crippen LogP contribution in [0, 0.1) is 6.92 Å². The van der Waals surface area contributed by atoms with E-state index in [4.69, 9.17) is 27.9 Å². The largest absolute Gasteiger partial charge is 0.484 e. The Morgan fingerprint density at radius 3 is 2.53 bits per heavy atom. The average molecular weight is 570 g/mol. The Morgan fingerprint density at radius 1 is 1.15 bits per heavy atom. The average Bonchev–Trinajstić information content (AvgIpc) is 2.81. The SMILES string of the molecule is CC[C@@H](C(=O)NC1CCCCC1)N(Cc1ccc(Cl)cc1Cl)C(=O)COc1ccc(Br)c(C)c1. The molecule has 0 spiro atoms. The topological polar surface area (TPSA) is 58.6 Å². The van der Waals surface area contributed by atoms with Gasteiger partial charge in [-0.3, -0.25) is 9.59 Å². The van der Waals surface area contributed by atoms with Crippen LogP contribution in [0.5, 0.6) is 5.75 Å². The second-order valence-corrected chi connectivity index (χ2v) is 10.4. The van der Waals surface area contributed by atoms with Crippen molar-refractivity contribution in [2.75, 3.05) is 6.61 Å². The lowest BCUT2D eigenvalue weighted by molar-refractivity contribution is -0.143. The molecule has 0 heterocycles.